The third-order valence-corrected chi connectivity index (χ3v) is 4.29. The summed E-state index contributed by atoms with van der Waals surface area (Å²) in [5, 5.41) is 10.1. The number of ether oxygens (including phenoxy) is 3. The molecule has 3 atom stereocenters. The third kappa shape index (κ3) is 7.18. The van der Waals surface area contributed by atoms with Crippen LogP contribution in [0.3, 0.4) is 0 Å². The van der Waals surface area contributed by atoms with E-state index in [2.05, 4.69) is 29.8 Å². The fourth-order valence-corrected chi connectivity index (χ4v) is 3.18. The maximum Gasteiger partial charge on any atom is 0.126 e. The number of rotatable bonds is 8. The monoisotopic (exact) mass is 388 g/mol. The average molecular weight is 389 g/mol. The molecule has 1 aliphatic rings. The Hall–Kier alpha value is -0.660. The van der Waals surface area contributed by atoms with Gasteiger partial charge in [-0.3, -0.25) is 0 Å². The molecule has 6 heteroatoms. The lowest BCUT2D eigenvalue weighted by Crippen LogP contribution is -3.16. The van der Waals surface area contributed by atoms with Crippen molar-refractivity contribution in [2.24, 2.45) is 0 Å². The summed E-state index contributed by atoms with van der Waals surface area (Å²) in [6, 6.07) is 7.69. The molecule has 23 heavy (non-hydrogen) atoms. The molecule has 130 valence electrons. The Kier molecular flexibility index (Phi) is 7.79. The summed E-state index contributed by atoms with van der Waals surface area (Å²) in [5.41, 5.74) is 0. The van der Waals surface area contributed by atoms with E-state index in [1.165, 1.54) is 4.90 Å². The highest BCUT2D eigenvalue weighted by Gasteiger charge is 2.27. The first-order valence-corrected chi connectivity index (χ1v) is 8.95. The van der Waals surface area contributed by atoms with Gasteiger partial charge >= 0.3 is 0 Å². The van der Waals surface area contributed by atoms with Crippen molar-refractivity contribution in [2.75, 3.05) is 39.5 Å². The number of hydrogen-bond acceptors (Lipinski definition) is 4. The zero-order chi connectivity index (χ0) is 16.7. The van der Waals surface area contributed by atoms with Gasteiger partial charge in [0.05, 0.1) is 13.2 Å². The molecule has 0 saturated carbocycles. The Morgan fingerprint density at radius 1 is 1.22 bits per heavy atom. The van der Waals surface area contributed by atoms with Gasteiger partial charge in [0, 0.05) is 4.47 Å². The molecule has 1 fully saturated rings. The quantitative estimate of drug-likeness (QED) is 0.649. The van der Waals surface area contributed by atoms with Crippen molar-refractivity contribution in [1.82, 2.24) is 0 Å². The fourth-order valence-electron chi connectivity index (χ4n) is 2.92. The van der Waals surface area contributed by atoms with Crippen LogP contribution in [0.15, 0.2) is 28.7 Å². The van der Waals surface area contributed by atoms with Crippen molar-refractivity contribution in [3.8, 4) is 5.75 Å². The molecule has 1 aromatic carbocycles. The van der Waals surface area contributed by atoms with Gasteiger partial charge in [0.2, 0.25) is 0 Å². The van der Waals surface area contributed by atoms with E-state index in [-0.39, 0.29) is 12.2 Å². The summed E-state index contributed by atoms with van der Waals surface area (Å²) in [7, 11) is 0. The maximum atomic E-state index is 10.1. The van der Waals surface area contributed by atoms with Crippen LogP contribution < -0.4 is 9.64 Å². The first-order chi connectivity index (χ1) is 11.0. The number of benzene rings is 1. The Morgan fingerprint density at radius 2 is 1.87 bits per heavy atom. The maximum absolute atomic E-state index is 10.1. The second-order valence-corrected chi connectivity index (χ2v) is 7.07. The van der Waals surface area contributed by atoms with Crippen molar-refractivity contribution >= 4 is 15.9 Å². The molecule has 1 heterocycles. The van der Waals surface area contributed by atoms with Gasteiger partial charge in [-0.1, -0.05) is 15.9 Å². The van der Waals surface area contributed by atoms with Crippen LogP contribution in [0.5, 0.6) is 5.75 Å². The minimum Gasteiger partial charge on any atom is -0.491 e. The number of halogens is 1. The Labute approximate surface area is 146 Å². The van der Waals surface area contributed by atoms with Crippen LogP contribution in [0, 0.1) is 0 Å². The molecule has 0 spiro atoms. The molecule has 0 bridgehead atoms. The Morgan fingerprint density at radius 3 is 2.52 bits per heavy atom. The van der Waals surface area contributed by atoms with Crippen molar-refractivity contribution < 1.29 is 24.2 Å². The smallest absolute Gasteiger partial charge is 0.126 e. The summed E-state index contributed by atoms with van der Waals surface area (Å²) >= 11 is 3.38. The lowest BCUT2D eigenvalue weighted by Gasteiger charge is -2.33. The van der Waals surface area contributed by atoms with Gasteiger partial charge in [-0.15, -0.1) is 0 Å². The van der Waals surface area contributed by atoms with Crippen LogP contribution in [0.4, 0.5) is 0 Å². The molecule has 0 aliphatic carbocycles. The third-order valence-electron chi connectivity index (χ3n) is 3.76. The van der Waals surface area contributed by atoms with Gasteiger partial charge in [-0.05, 0) is 38.1 Å². The molecule has 0 radical (unpaired) electrons. The lowest BCUT2D eigenvalue weighted by molar-refractivity contribution is -0.918. The largest absolute Gasteiger partial charge is 0.491 e. The van der Waals surface area contributed by atoms with E-state index in [1.54, 1.807) is 0 Å². The molecule has 0 aromatic heterocycles. The van der Waals surface area contributed by atoms with E-state index in [9.17, 15) is 5.11 Å². The highest BCUT2D eigenvalue weighted by atomic mass is 79.9. The van der Waals surface area contributed by atoms with Crippen LogP contribution >= 0.6 is 15.9 Å². The van der Waals surface area contributed by atoms with Crippen molar-refractivity contribution in [3.05, 3.63) is 28.7 Å². The molecule has 0 unspecified atom stereocenters. The van der Waals surface area contributed by atoms with Gasteiger partial charge in [0.1, 0.15) is 50.3 Å². The van der Waals surface area contributed by atoms with Crippen molar-refractivity contribution in [1.29, 1.82) is 0 Å². The van der Waals surface area contributed by atoms with Crippen molar-refractivity contribution in [2.45, 2.75) is 32.2 Å². The Balaban J connectivity index is 1.56. The predicted molar refractivity (Wildman–Crippen MR) is 92.0 cm³/mol. The lowest BCUT2D eigenvalue weighted by atomic mass is 10.2. The van der Waals surface area contributed by atoms with Gasteiger partial charge in [-0.25, -0.2) is 0 Å². The van der Waals surface area contributed by atoms with Crippen LogP contribution in [0.2, 0.25) is 0 Å². The van der Waals surface area contributed by atoms with Crippen LogP contribution in [-0.4, -0.2) is 62.9 Å². The number of aliphatic hydroxyl groups excluding tert-OH is 1. The summed E-state index contributed by atoms with van der Waals surface area (Å²) in [6.45, 7) is 8.03. The van der Waals surface area contributed by atoms with Crippen molar-refractivity contribution in [3.63, 3.8) is 0 Å². The van der Waals surface area contributed by atoms with E-state index < -0.39 is 6.10 Å². The van der Waals surface area contributed by atoms with E-state index in [0.29, 0.717) is 26.4 Å². The second kappa shape index (κ2) is 9.59. The van der Waals surface area contributed by atoms with Gasteiger partial charge in [-0.2, -0.15) is 0 Å². The molecule has 1 aromatic rings. The van der Waals surface area contributed by atoms with Gasteiger partial charge in [0.25, 0.3) is 0 Å². The molecule has 0 amide bonds. The van der Waals surface area contributed by atoms with Crippen LogP contribution in [-0.2, 0) is 9.47 Å². The normalized spacial score (nSPS) is 26.0. The Bertz CT molecular complexity index is 446. The van der Waals surface area contributed by atoms with Gasteiger partial charge in [0.15, 0.2) is 0 Å². The zero-order valence-electron chi connectivity index (χ0n) is 13.8. The summed E-state index contributed by atoms with van der Waals surface area (Å²) in [5.74, 6) is 0.818. The molecule has 2 N–H and O–H groups in total. The van der Waals surface area contributed by atoms with E-state index in [1.807, 2.05) is 24.3 Å². The summed E-state index contributed by atoms with van der Waals surface area (Å²) in [6.07, 6.45) is 0.0533. The number of morpholine rings is 1. The minimum atomic E-state index is -0.449. The molecule has 2 rings (SSSR count). The molecular weight excluding hydrogens is 362 g/mol. The minimum absolute atomic E-state index is 0.251. The molecular formula is C17H27BrNO4+. The van der Waals surface area contributed by atoms with E-state index >= 15 is 0 Å². The van der Waals surface area contributed by atoms with Crippen LogP contribution in [0.25, 0.3) is 0 Å². The highest BCUT2D eigenvalue weighted by Crippen LogP contribution is 2.15. The van der Waals surface area contributed by atoms with E-state index in [4.69, 9.17) is 14.2 Å². The average Bonchev–Trinajstić information content (AvgIpc) is 2.47. The predicted octanol–water partition coefficient (Wildman–Crippen LogP) is 0.898. The first kappa shape index (κ1) is 18.7. The number of aliphatic hydroxyl groups is 1. The topological polar surface area (TPSA) is 52.4 Å². The highest BCUT2D eigenvalue weighted by molar-refractivity contribution is 9.10. The molecule has 1 saturated heterocycles. The number of hydrogen-bond donors (Lipinski definition) is 2. The zero-order valence-corrected chi connectivity index (χ0v) is 15.4. The summed E-state index contributed by atoms with van der Waals surface area (Å²) < 4.78 is 17.8. The van der Waals surface area contributed by atoms with E-state index in [0.717, 1.165) is 23.3 Å². The SMILES string of the molecule is C[C@H]1C[NH+](C[C@H](O)COCCOc2ccc(Br)cc2)C[C@H](C)O1. The van der Waals surface area contributed by atoms with Gasteiger partial charge < -0.3 is 24.2 Å². The second-order valence-electron chi connectivity index (χ2n) is 6.15. The number of quaternary nitrogens is 1. The first-order valence-electron chi connectivity index (χ1n) is 8.16. The molecule has 5 nitrogen and oxygen atoms in total. The standard InChI is InChI=1S/C17H26BrNO4/c1-13-9-19(10-14(2)23-13)11-16(20)12-21-7-8-22-17-5-3-15(18)4-6-17/h3-6,13-14,16,20H,7-12H2,1-2H3/p+1/t13-,14-,16-/m0/s1. The molecule has 1 aliphatic heterocycles. The summed E-state index contributed by atoms with van der Waals surface area (Å²) in [4.78, 5) is 1.37. The van der Waals surface area contributed by atoms with Crippen LogP contribution in [0.1, 0.15) is 13.8 Å². The fraction of sp³-hybridized carbons (Fsp3) is 0.647. The number of nitrogens with one attached hydrogen (secondary N) is 1.